The van der Waals surface area contributed by atoms with Crippen LogP contribution < -0.4 is 10.3 Å². The fourth-order valence-corrected chi connectivity index (χ4v) is 3.04. The van der Waals surface area contributed by atoms with Crippen molar-refractivity contribution in [2.75, 3.05) is 0 Å². The second kappa shape index (κ2) is 6.11. The number of carbonyl (C=O) groups is 1. The van der Waals surface area contributed by atoms with E-state index < -0.39 is 5.60 Å². The largest absolute Gasteiger partial charge is 0.482 e. The molecule has 1 aliphatic heterocycles. The van der Waals surface area contributed by atoms with E-state index in [0.29, 0.717) is 11.3 Å². The SMILES string of the molecule is CCC1(CC)C=C(n2ccccc2=O)c2cc(C(C)=O)ccc2O1. The second-order valence-electron chi connectivity index (χ2n) is 6.08. The Balaban J connectivity index is 2.28. The summed E-state index contributed by atoms with van der Waals surface area (Å²) in [4.78, 5) is 24.1. The average Bonchev–Trinajstić information content (AvgIpc) is 2.60. The van der Waals surface area contributed by atoms with Gasteiger partial charge in [-0.1, -0.05) is 19.9 Å². The second-order valence-corrected chi connectivity index (χ2v) is 6.08. The zero-order valence-electron chi connectivity index (χ0n) is 14.2. The highest BCUT2D eigenvalue weighted by atomic mass is 16.5. The van der Waals surface area contributed by atoms with Crippen molar-refractivity contribution in [3.63, 3.8) is 0 Å². The maximum Gasteiger partial charge on any atom is 0.255 e. The van der Waals surface area contributed by atoms with E-state index in [0.717, 1.165) is 24.1 Å². The van der Waals surface area contributed by atoms with E-state index in [-0.39, 0.29) is 11.3 Å². The van der Waals surface area contributed by atoms with Crippen LogP contribution >= 0.6 is 0 Å². The Morgan fingerprint density at radius 2 is 1.92 bits per heavy atom. The van der Waals surface area contributed by atoms with E-state index >= 15 is 0 Å². The van der Waals surface area contributed by atoms with Crippen LogP contribution in [0, 0.1) is 0 Å². The summed E-state index contributed by atoms with van der Waals surface area (Å²) in [6, 6.07) is 10.5. The minimum Gasteiger partial charge on any atom is -0.482 e. The Hall–Kier alpha value is -2.62. The summed E-state index contributed by atoms with van der Waals surface area (Å²) >= 11 is 0. The van der Waals surface area contributed by atoms with Crippen molar-refractivity contribution in [1.82, 2.24) is 4.57 Å². The molecule has 24 heavy (non-hydrogen) atoms. The number of hydrogen-bond donors (Lipinski definition) is 0. The molecule has 1 aliphatic rings. The summed E-state index contributed by atoms with van der Waals surface area (Å²) in [5, 5.41) is 0. The lowest BCUT2D eigenvalue weighted by Crippen LogP contribution is -2.37. The quantitative estimate of drug-likeness (QED) is 0.802. The number of carbonyl (C=O) groups excluding carboxylic acids is 1. The number of hydrogen-bond acceptors (Lipinski definition) is 3. The van der Waals surface area contributed by atoms with Crippen molar-refractivity contribution in [2.24, 2.45) is 0 Å². The molecule has 0 unspecified atom stereocenters. The Kier molecular flexibility index (Phi) is 4.14. The Morgan fingerprint density at radius 3 is 2.54 bits per heavy atom. The predicted molar refractivity (Wildman–Crippen MR) is 94.5 cm³/mol. The molecule has 3 rings (SSSR count). The third kappa shape index (κ3) is 2.68. The Morgan fingerprint density at radius 1 is 1.17 bits per heavy atom. The number of rotatable bonds is 4. The molecule has 1 aromatic heterocycles. The van der Waals surface area contributed by atoms with Gasteiger partial charge in [0, 0.05) is 23.4 Å². The van der Waals surface area contributed by atoms with Crippen molar-refractivity contribution in [3.05, 3.63) is 70.2 Å². The van der Waals surface area contributed by atoms with Gasteiger partial charge in [-0.15, -0.1) is 0 Å². The van der Waals surface area contributed by atoms with Gasteiger partial charge in [0.2, 0.25) is 0 Å². The molecular weight excluding hydrogens is 302 g/mol. The first-order valence-electron chi connectivity index (χ1n) is 8.25. The monoisotopic (exact) mass is 323 g/mol. The molecule has 0 saturated carbocycles. The molecule has 2 aromatic rings. The zero-order valence-corrected chi connectivity index (χ0v) is 14.2. The van der Waals surface area contributed by atoms with Crippen LogP contribution in [0.4, 0.5) is 0 Å². The van der Waals surface area contributed by atoms with Gasteiger partial charge in [0.25, 0.3) is 5.56 Å². The van der Waals surface area contributed by atoms with Crippen molar-refractivity contribution >= 4 is 11.5 Å². The van der Waals surface area contributed by atoms with Gasteiger partial charge in [0.05, 0.1) is 5.70 Å². The maximum absolute atomic E-state index is 12.3. The lowest BCUT2D eigenvalue weighted by Gasteiger charge is -2.36. The minimum atomic E-state index is -0.449. The Bertz CT molecular complexity index is 872. The number of ketones is 1. The molecule has 0 fully saturated rings. The molecule has 0 amide bonds. The van der Waals surface area contributed by atoms with E-state index in [4.69, 9.17) is 4.74 Å². The molecule has 0 atom stereocenters. The van der Waals surface area contributed by atoms with Crippen molar-refractivity contribution in [3.8, 4) is 5.75 Å². The van der Waals surface area contributed by atoms with Gasteiger partial charge in [0.1, 0.15) is 11.4 Å². The summed E-state index contributed by atoms with van der Waals surface area (Å²) < 4.78 is 7.86. The number of Topliss-reactive ketones (excluding diaryl/α,β-unsaturated/α-hetero) is 1. The molecule has 0 aliphatic carbocycles. The third-order valence-electron chi connectivity index (χ3n) is 4.65. The first kappa shape index (κ1) is 16.2. The average molecular weight is 323 g/mol. The van der Waals surface area contributed by atoms with Gasteiger partial charge < -0.3 is 4.74 Å². The maximum atomic E-state index is 12.3. The molecular formula is C20H21NO3. The first-order chi connectivity index (χ1) is 11.5. The van der Waals surface area contributed by atoms with Gasteiger partial charge >= 0.3 is 0 Å². The number of fused-ring (bicyclic) bond motifs is 1. The topological polar surface area (TPSA) is 48.3 Å². The molecule has 0 radical (unpaired) electrons. The fraction of sp³-hybridized carbons (Fsp3) is 0.300. The predicted octanol–water partition coefficient (Wildman–Crippen LogP) is 3.89. The van der Waals surface area contributed by atoms with Crippen molar-refractivity contribution in [1.29, 1.82) is 0 Å². The Labute approximate surface area is 141 Å². The van der Waals surface area contributed by atoms with Crippen LogP contribution in [0.5, 0.6) is 5.75 Å². The van der Waals surface area contributed by atoms with Crippen LogP contribution in [0.3, 0.4) is 0 Å². The van der Waals surface area contributed by atoms with Crippen LogP contribution in [0.2, 0.25) is 0 Å². The summed E-state index contributed by atoms with van der Waals surface area (Å²) in [7, 11) is 0. The lowest BCUT2D eigenvalue weighted by atomic mass is 9.90. The molecule has 0 spiro atoms. The van der Waals surface area contributed by atoms with Crippen LogP contribution in [-0.2, 0) is 0 Å². The minimum absolute atomic E-state index is 0.0135. The summed E-state index contributed by atoms with van der Waals surface area (Å²) in [5.41, 5.74) is 1.59. The fourth-order valence-electron chi connectivity index (χ4n) is 3.04. The highest BCUT2D eigenvalue weighted by Crippen LogP contribution is 2.39. The smallest absolute Gasteiger partial charge is 0.255 e. The zero-order chi connectivity index (χ0) is 17.3. The molecule has 0 bridgehead atoms. The molecule has 4 nitrogen and oxygen atoms in total. The number of ether oxygens (including phenoxy) is 1. The van der Waals surface area contributed by atoms with Crippen LogP contribution in [0.25, 0.3) is 5.70 Å². The van der Waals surface area contributed by atoms with Crippen molar-refractivity contribution < 1.29 is 9.53 Å². The van der Waals surface area contributed by atoms with E-state index in [9.17, 15) is 9.59 Å². The molecule has 124 valence electrons. The molecule has 1 aromatic carbocycles. The first-order valence-corrected chi connectivity index (χ1v) is 8.25. The van der Waals surface area contributed by atoms with Crippen LogP contribution in [-0.4, -0.2) is 16.0 Å². The van der Waals surface area contributed by atoms with Crippen LogP contribution in [0.15, 0.2) is 53.5 Å². The van der Waals surface area contributed by atoms with Crippen molar-refractivity contribution in [2.45, 2.75) is 39.2 Å². The van der Waals surface area contributed by atoms with E-state index in [1.807, 2.05) is 18.2 Å². The molecule has 0 saturated heterocycles. The number of pyridine rings is 1. The van der Waals surface area contributed by atoms with Gasteiger partial charge in [-0.05, 0) is 50.1 Å². The van der Waals surface area contributed by atoms with E-state index in [1.54, 1.807) is 29.0 Å². The lowest BCUT2D eigenvalue weighted by molar-refractivity contribution is 0.101. The standard InChI is InChI=1S/C20H21NO3/c1-4-20(5-2)13-17(21-11-7-6-8-19(21)23)16-12-15(14(3)22)9-10-18(16)24-20/h6-13H,4-5H2,1-3H3. The third-order valence-corrected chi connectivity index (χ3v) is 4.65. The normalized spacial score (nSPS) is 15.2. The van der Waals surface area contributed by atoms with Gasteiger partial charge in [-0.25, -0.2) is 0 Å². The number of nitrogens with zero attached hydrogens (tertiary/aromatic N) is 1. The highest BCUT2D eigenvalue weighted by Gasteiger charge is 2.33. The summed E-state index contributed by atoms with van der Waals surface area (Å²) in [6.07, 6.45) is 5.35. The van der Waals surface area contributed by atoms with E-state index in [1.165, 1.54) is 13.0 Å². The van der Waals surface area contributed by atoms with Gasteiger partial charge in [0.15, 0.2) is 5.78 Å². The molecule has 4 heteroatoms. The summed E-state index contributed by atoms with van der Waals surface area (Å²) in [6.45, 7) is 5.67. The molecule has 2 heterocycles. The van der Waals surface area contributed by atoms with Gasteiger partial charge in [-0.3, -0.25) is 14.2 Å². The number of benzene rings is 1. The highest BCUT2D eigenvalue weighted by molar-refractivity contribution is 5.95. The van der Waals surface area contributed by atoms with Gasteiger partial charge in [-0.2, -0.15) is 0 Å². The van der Waals surface area contributed by atoms with E-state index in [2.05, 4.69) is 13.8 Å². The molecule has 0 N–H and O–H groups in total. The summed E-state index contributed by atoms with van der Waals surface area (Å²) in [5.74, 6) is 0.692. The van der Waals surface area contributed by atoms with Crippen LogP contribution in [0.1, 0.15) is 49.5 Å². The number of aromatic nitrogens is 1.